The number of nitrogens with one attached hydrogen (secondary N) is 1. The fourth-order valence-electron chi connectivity index (χ4n) is 0.835. The van der Waals surface area contributed by atoms with Gasteiger partial charge >= 0.3 is 0 Å². The molecular formula is C5H12N2. The van der Waals surface area contributed by atoms with E-state index >= 15 is 0 Å². The van der Waals surface area contributed by atoms with Crippen LogP contribution in [0.2, 0.25) is 0 Å². The third-order valence-corrected chi connectivity index (χ3v) is 1.66. The lowest BCUT2D eigenvalue weighted by Gasteiger charge is -1.90. The minimum absolute atomic E-state index is 0.880. The zero-order valence-electron chi connectivity index (χ0n) is 4.65. The van der Waals surface area contributed by atoms with Crippen LogP contribution < -0.4 is 11.3 Å². The van der Waals surface area contributed by atoms with Crippen LogP contribution in [0, 0.1) is 11.8 Å². The third kappa shape index (κ3) is 1.14. The summed E-state index contributed by atoms with van der Waals surface area (Å²) in [6.07, 6.45) is 1.37. The first kappa shape index (κ1) is 5.06. The topological polar surface area (TPSA) is 38.0 Å². The van der Waals surface area contributed by atoms with E-state index in [1.54, 1.807) is 0 Å². The number of rotatable bonds is 2. The van der Waals surface area contributed by atoms with Crippen molar-refractivity contribution in [1.82, 2.24) is 5.43 Å². The molecule has 0 aromatic carbocycles. The van der Waals surface area contributed by atoms with Crippen LogP contribution in [0.5, 0.6) is 0 Å². The lowest BCUT2D eigenvalue weighted by Crippen LogP contribution is -2.24. The largest absolute Gasteiger partial charge is 0.271 e. The normalized spacial score (nSPS) is 38.6. The Hall–Kier alpha value is -0.0800. The molecule has 0 aromatic heterocycles. The van der Waals surface area contributed by atoms with Crippen LogP contribution in [0.15, 0.2) is 0 Å². The molecule has 2 unspecified atom stereocenters. The number of hydrazine groups is 1. The van der Waals surface area contributed by atoms with E-state index in [0.29, 0.717) is 0 Å². The summed E-state index contributed by atoms with van der Waals surface area (Å²) in [5.41, 5.74) is 2.66. The van der Waals surface area contributed by atoms with Crippen LogP contribution >= 0.6 is 0 Å². The van der Waals surface area contributed by atoms with Crippen LogP contribution in [0.3, 0.4) is 0 Å². The highest BCUT2D eigenvalue weighted by atomic mass is 15.2. The first-order valence-electron chi connectivity index (χ1n) is 2.78. The lowest BCUT2D eigenvalue weighted by molar-refractivity contribution is 0.636. The molecule has 1 fully saturated rings. The fourth-order valence-corrected chi connectivity index (χ4v) is 0.835. The van der Waals surface area contributed by atoms with Crippen molar-refractivity contribution in [3.05, 3.63) is 0 Å². The summed E-state index contributed by atoms with van der Waals surface area (Å²) in [5, 5.41) is 0. The monoisotopic (exact) mass is 100 g/mol. The van der Waals surface area contributed by atoms with E-state index in [1.165, 1.54) is 6.42 Å². The van der Waals surface area contributed by atoms with Gasteiger partial charge in [0.05, 0.1) is 0 Å². The highest BCUT2D eigenvalue weighted by Crippen LogP contribution is 2.36. The van der Waals surface area contributed by atoms with E-state index in [-0.39, 0.29) is 0 Å². The van der Waals surface area contributed by atoms with E-state index in [4.69, 9.17) is 5.84 Å². The van der Waals surface area contributed by atoms with Gasteiger partial charge in [0.2, 0.25) is 0 Å². The minimum Gasteiger partial charge on any atom is -0.271 e. The SMILES string of the molecule is CC1CC1CNN. The molecule has 1 aliphatic carbocycles. The van der Waals surface area contributed by atoms with E-state index in [1.807, 2.05) is 0 Å². The molecule has 1 aliphatic rings. The Bertz CT molecular complexity index is 63.1. The molecule has 0 spiro atoms. The highest BCUT2D eigenvalue weighted by Gasteiger charge is 2.31. The van der Waals surface area contributed by atoms with Crippen molar-refractivity contribution >= 4 is 0 Å². The summed E-state index contributed by atoms with van der Waals surface area (Å²) >= 11 is 0. The summed E-state index contributed by atoms with van der Waals surface area (Å²) in [4.78, 5) is 0. The van der Waals surface area contributed by atoms with Gasteiger partial charge in [-0.25, -0.2) is 0 Å². The smallest absolute Gasteiger partial charge is 0.0128 e. The van der Waals surface area contributed by atoms with Gasteiger partial charge in [0.15, 0.2) is 0 Å². The molecule has 0 bridgehead atoms. The molecule has 3 N–H and O–H groups in total. The second-order valence-electron chi connectivity index (χ2n) is 2.38. The molecule has 1 saturated carbocycles. The first-order chi connectivity index (χ1) is 3.34. The van der Waals surface area contributed by atoms with Crippen molar-refractivity contribution in [2.75, 3.05) is 6.54 Å². The molecule has 7 heavy (non-hydrogen) atoms. The maximum absolute atomic E-state index is 5.08. The second-order valence-corrected chi connectivity index (χ2v) is 2.38. The van der Waals surface area contributed by atoms with Gasteiger partial charge in [0, 0.05) is 6.54 Å². The van der Waals surface area contributed by atoms with Crippen LogP contribution in [-0.2, 0) is 0 Å². The van der Waals surface area contributed by atoms with Gasteiger partial charge in [0.25, 0.3) is 0 Å². The van der Waals surface area contributed by atoms with Crippen molar-refractivity contribution in [1.29, 1.82) is 0 Å². The van der Waals surface area contributed by atoms with Gasteiger partial charge in [0.1, 0.15) is 0 Å². The van der Waals surface area contributed by atoms with E-state index in [2.05, 4.69) is 12.3 Å². The Labute approximate surface area is 44.1 Å². The summed E-state index contributed by atoms with van der Waals surface area (Å²) in [6.45, 7) is 3.25. The molecule has 2 atom stereocenters. The fraction of sp³-hybridized carbons (Fsp3) is 1.00. The van der Waals surface area contributed by atoms with Gasteiger partial charge in [-0.3, -0.25) is 11.3 Å². The summed E-state index contributed by atoms with van der Waals surface area (Å²) in [7, 11) is 0. The average Bonchev–Trinajstić information content (AvgIpc) is 2.22. The standard InChI is InChI=1S/C5H12N2/c1-4-2-5(4)3-7-6/h4-5,7H,2-3,6H2,1H3. The van der Waals surface area contributed by atoms with Crippen molar-refractivity contribution < 1.29 is 0 Å². The van der Waals surface area contributed by atoms with Crippen molar-refractivity contribution in [2.24, 2.45) is 17.7 Å². The first-order valence-corrected chi connectivity index (χ1v) is 2.78. The van der Waals surface area contributed by atoms with Crippen molar-refractivity contribution in [3.63, 3.8) is 0 Å². The Kier molecular flexibility index (Phi) is 1.30. The maximum atomic E-state index is 5.08. The Balaban J connectivity index is 1.98. The molecule has 42 valence electrons. The highest BCUT2D eigenvalue weighted by molar-refractivity contribution is 4.82. The zero-order valence-corrected chi connectivity index (χ0v) is 4.65. The zero-order chi connectivity index (χ0) is 5.28. The minimum atomic E-state index is 0.880. The average molecular weight is 100 g/mol. The van der Waals surface area contributed by atoms with Crippen LogP contribution in [0.4, 0.5) is 0 Å². The Morgan fingerprint density at radius 2 is 2.43 bits per heavy atom. The van der Waals surface area contributed by atoms with Crippen LogP contribution in [-0.4, -0.2) is 6.54 Å². The van der Waals surface area contributed by atoms with E-state index < -0.39 is 0 Å². The molecule has 2 nitrogen and oxygen atoms in total. The molecule has 0 saturated heterocycles. The second kappa shape index (κ2) is 1.80. The van der Waals surface area contributed by atoms with Gasteiger partial charge in [-0.15, -0.1) is 0 Å². The number of hydrogen-bond donors (Lipinski definition) is 2. The maximum Gasteiger partial charge on any atom is 0.0128 e. The molecule has 0 aliphatic heterocycles. The molecule has 0 amide bonds. The Morgan fingerprint density at radius 1 is 1.86 bits per heavy atom. The summed E-state index contributed by atoms with van der Waals surface area (Å²) < 4.78 is 0. The van der Waals surface area contributed by atoms with Gasteiger partial charge in [-0.2, -0.15) is 0 Å². The Morgan fingerprint density at radius 3 is 2.57 bits per heavy atom. The predicted molar refractivity (Wildman–Crippen MR) is 29.5 cm³/mol. The van der Waals surface area contributed by atoms with Crippen molar-refractivity contribution in [3.8, 4) is 0 Å². The summed E-state index contributed by atoms with van der Waals surface area (Å²) in [5.74, 6) is 6.89. The summed E-state index contributed by atoms with van der Waals surface area (Å²) in [6, 6.07) is 0. The molecule has 0 aromatic rings. The van der Waals surface area contributed by atoms with Crippen molar-refractivity contribution in [2.45, 2.75) is 13.3 Å². The molecule has 0 heterocycles. The van der Waals surface area contributed by atoms with Crippen LogP contribution in [0.25, 0.3) is 0 Å². The lowest BCUT2D eigenvalue weighted by atomic mass is 10.3. The quantitative estimate of drug-likeness (QED) is 0.381. The third-order valence-electron chi connectivity index (χ3n) is 1.66. The number of hydrogen-bond acceptors (Lipinski definition) is 2. The van der Waals surface area contributed by atoms with Gasteiger partial charge in [-0.05, 0) is 18.3 Å². The molecule has 0 radical (unpaired) electrons. The van der Waals surface area contributed by atoms with Crippen LogP contribution in [0.1, 0.15) is 13.3 Å². The predicted octanol–water partition coefficient (Wildman–Crippen LogP) is 0.106. The van der Waals surface area contributed by atoms with E-state index in [0.717, 1.165) is 18.4 Å². The van der Waals surface area contributed by atoms with Gasteiger partial charge in [-0.1, -0.05) is 6.92 Å². The van der Waals surface area contributed by atoms with Gasteiger partial charge < -0.3 is 0 Å². The molecule has 1 rings (SSSR count). The molecule has 2 heteroatoms. The number of nitrogens with two attached hydrogens (primary N) is 1. The van der Waals surface area contributed by atoms with E-state index in [9.17, 15) is 0 Å². The molecular weight excluding hydrogens is 88.1 g/mol.